The maximum Gasteiger partial charge on any atom is 0.488 e. The fourth-order valence-electron chi connectivity index (χ4n) is 3.32. The molecule has 122 valence electrons. The molecule has 1 aliphatic rings. The van der Waals surface area contributed by atoms with Crippen LogP contribution in [0, 0.1) is 6.92 Å². The van der Waals surface area contributed by atoms with Crippen LogP contribution in [-0.2, 0) is 16.4 Å². The van der Waals surface area contributed by atoms with Gasteiger partial charge in [0, 0.05) is 5.56 Å². The van der Waals surface area contributed by atoms with E-state index in [1.165, 1.54) is 0 Å². The van der Waals surface area contributed by atoms with Gasteiger partial charge in [0.15, 0.2) is 14.1 Å². The zero-order chi connectivity index (χ0) is 16.8. The van der Waals surface area contributed by atoms with Crippen LogP contribution < -0.4 is 5.46 Å². The monoisotopic (exact) mass is 331 g/mol. The van der Waals surface area contributed by atoms with Gasteiger partial charge in [-0.1, -0.05) is 29.4 Å². The van der Waals surface area contributed by atoms with Gasteiger partial charge < -0.3 is 19.0 Å². The van der Waals surface area contributed by atoms with E-state index in [2.05, 4.69) is 24.8 Å². The number of fused-ring (bicyclic) bond motifs is 1. The molecule has 0 aliphatic heterocycles. The van der Waals surface area contributed by atoms with E-state index < -0.39 is 21.0 Å². The van der Waals surface area contributed by atoms with Crippen molar-refractivity contribution in [1.29, 1.82) is 0 Å². The van der Waals surface area contributed by atoms with Gasteiger partial charge in [-0.3, -0.25) is 0 Å². The molecule has 1 unspecified atom stereocenters. The Bertz CT molecular complexity index is 725. The highest BCUT2D eigenvalue weighted by molar-refractivity contribution is 6.69. The number of benzene rings is 1. The molecule has 1 heterocycles. The minimum atomic E-state index is -1.89. The highest BCUT2D eigenvalue weighted by Crippen LogP contribution is 2.47. The standard InChI is InChI=1S/C16H22BNO4Si/c1-11-14-8-9-16(15(14)21-18-11,22-23(2,3)4)12-6-5-7-13(10-12)17(19)20/h5-7,10,19-20H,8-9H2,1-4H3. The molecule has 0 radical (unpaired) electrons. The van der Waals surface area contributed by atoms with Gasteiger partial charge in [-0.2, -0.15) is 0 Å². The fraction of sp³-hybridized carbons (Fsp3) is 0.438. The lowest BCUT2D eigenvalue weighted by Gasteiger charge is -2.35. The lowest BCUT2D eigenvalue weighted by atomic mass is 9.77. The lowest BCUT2D eigenvalue weighted by Crippen LogP contribution is -2.41. The van der Waals surface area contributed by atoms with Crippen LogP contribution >= 0.6 is 0 Å². The van der Waals surface area contributed by atoms with Crippen LogP contribution in [0.5, 0.6) is 0 Å². The minimum Gasteiger partial charge on any atom is -0.423 e. The third-order valence-electron chi connectivity index (χ3n) is 4.21. The Morgan fingerprint density at radius 2 is 2.04 bits per heavy atom. The number of hydrogen-bond acceptors (Lipinski definition) is 5. The summed E-state index contributed by atoms with van der Waals surface area (Å²) in [5.74, 6) is 0.766. The summed E-state index contributed by atoms with van der Waals surface area (Å²) in [6.45, 7) is 8.36. The number of rotatable bonds is 4. The third-order valence-corrected chi connectivity index (χ3v) is 5.17. The second-order valence-corrected chi connectivity index (χ2v) is 11.5. The predicted molar refractivity (Wildman–Crippen MR) is 91.0 cm³/mol. The minimum absolute atomic E-state index is 0.450. The molecule has 2 N–H and O–H groups in total. The fourth-order valence-corrected chi connectivity index (χ4v) is 4.68. The molecule has 0 amide bonds. The first kappa shape index (κ1) is 16.4. The number of hydrogen-bond donors (Lipinski definition) is 2. The zero-order valence-corrected chi connectivity index (χ0v) is 15.0. The van der Waals surface area contributed by atoms with E-state index in [1.807, 2.05) is 19.1 Å². The molecule has 0 saturated heterocycles. The van der Waals surface area contributed by atoms with E-state index >= 15 is 0 Å². The smallest absolute Gasteiger partial charge is 0.423 e. The normalized spacial score (nSPS) is 20.6. The second kappa shape index (κ2) is 5.59. The average molecular weight is 331 g/mol. The Kier molecular flexibility index (Phi) is 4.00. The summed E-state index contributed by atoms with van der Waals surface area (Å²) in [5.41, 5.74) is 2.66. The predicted octanol–water partition coefficient (Wildman–Crippen LogP) is 1.70. The molecule has 1 atom stereocenters. The molecule has 0 spiro atoms. The number of aryl methyl sites for hydroxylation is 1. The first-order valence-corrected chi connectivity index (χ1v) is 11.3. The Hall–Kier alpha value is -1.41. The Labute approximate surface area is 137 Å². The van der Waals surface area contributed by atoms with Crippen LogP contribution in [0.15, 0.2) is 28.8 Å². The van der Waals surface area contributed by atoms with Gasteiger partial charge in [0.1, 0.15) is 5.60 Å². The van der Waals surface area contributed by atoms with Crippen LogP contribution in [-0.4, -0.2) is 30.6 Å². The van der Waals surface area contributed by atoms with Crippen LogP contribution in [0.25, 0.3) is 0 Å². The zero-order valence-electron chi connectivity index (χ0n) is 14.0. The Morgan fingerprint density at radius 3 is 2.70 bits per heavy atom. The molecule has 3 rings (SSSR count). The van der Waals surface area contributed by atoms with Crippen molar-refractivity contribution in [2.75, 3.05) is 0 Å². The van der Waals surface area contributed by atoms with Crippen LogP contribution in [0.3, 0.4) is 0 Å². The molecular formula is C16H22BNO4Si. The van der Waals surface area contributed by atoms with Crippen molar-refractivity contribution in [2.24, 2.45) is 0 Å². The maximum atomic E-state index is 9.49. The van der Waals surface area contributed by atoms with E-state index in [0.29, 0.717) is 5.46 Å². The first-order chi connectivity index (χ1) is 10.7. The van der Waals surface area contributed by atoms with Gasteiger partial charge in [-0.15, -0.1) is 0 Å². The Balaban J connectivity index is 2.16. The SMILES string of the molecule is Cc1noc2c1CCC2(O[Si](C)(C)C)c1cccc(B(O)O)c1. The largest absolute Gasteiger partial charge is 0.488 e. The second-order valence-electron chi connectivity index (χ2n) is 7.12. The van der Waals surface area contributed by atoms with Crippen molar-refractivity contribution in [3.8, 4) is 0 Å². The van der Waals surface area contributed by atoms with Gasteiger partial charge in [0.05, 0.1) is 5.69 Å². The van der Waals surface area contributed by atoms with Crippen molar-refractivity contribution in [3.05, 3.63) is 46.8 Å². The van der Waals surface area contributed by atoms with Gasteiger partial charge >= 0.3 is 7.12 Å². The van der Waals surface area contributed by atoms with Gasteiger partial charge in [0.2, 0.25) is 0 Å². The lowest BCUT2D eigenvalue weighted by molar-refractivity contribution is 0.0726. The van der Waals surface area contributed by atoms with Gasteiger partial charge in [-0.25, -0.2) is 0 Å². The molecule has 7 heteroatoms. The van der Waals surface area contributed by atoms with Crippen LogP contribution in [0.1, 0.15) is 29.0 Å². The molecule has 1 aliphatic carbocycles. The van der Waals surface area contributed by atoms with Crippen molar-refractivity contribution < 1.29 is 19.0 Å². The molecule has 1 aromatic heterocycles. The van der Waals surface area contributed by atoms with E-state index in [-0.39, 0.29) is 0 Å². The quantitative estimate of drug-likeness (QED) is 0.834. The van der Waals surface area contributed by atoms with Crippen molar-refractivity contribution >= 4 is 20.9 Å². The first-order valence-electron chi connectivity index (χ1n) is 7.85. The summed E-state index contributed by atoms with van der Waals surface area (Å²) in [4.78, 5) is 0. The van der Waals surface area contributed by atoms with Gasteiger partial charge in [0.25, 0.3) is 0 Å². The van der Waals surface area contributed by atoms with Crippen molar-refractivity contribution in [3.63, 3.8) is 0 Å². The summed E-state index contributed by atoms with van der Waals surface area (Å²) in [6, 6.07) is 7.26. The highest BCUT2D eigenvalue weighted by atomic mass is 28.4. The summed E-state index contributed by atoms with van der Waals surface area (Å²) < 4.78 is 12.2. The molecule has 2 aromatic rings. The Morgan fingerprint density at radius 1 is 1.30 bits per heavy atom. The van der Waals surface area contributed by atoms with E-state index in [4.69, 9.17) is 8.95 Å². The average Bonchev–Trinajstić information content (AvgIpc) is 3.00. The molecule has 23 heavy (non-hydrogen) atoms. The van der Waals surface area contributed by atoms with Gasteiger partial charge in [-0.05, 0) is 50.4 Å². The third kappa shape index (κ3) is 2.89. The van der Waals surface area contributed by atoms with Crippen LogP contribution in [0.4, 0.5) is 0 Å². The summed E-state index contributed by atoms with van der Waals surface area (Å²) >= 11 is 0. The number of nitrogens with zero attached hydrogens (tertiary/aromatic N) is 1. The topological polar surface area (TPSA) is 75.7 Å². The summed E-state index contributed by atoms with van der Waals surface area (Å²) in [5, 5.41) is 23.1. The van der Waals surface area contributed by atoms with E-state index in [1.54, 1.807) is 12.1 Å². The van der Waals surface area contributed by atoms with E-state index in [9.17, 15) is 10.0 Å². The molecule has 0 bridgehead atoms. The van der Waals surface area contributed by atoms with E-state index in [0.717, 1.165) is 35.4 Å². The van der Waals surface area contributed by atoms with Crippen molar-refractivity contribution in [2.45, 2.75) is 45.0 Å². The molecule has 1 aromatic carbocycles. The molecular weight excluding hydrogens is 309 g/mol. The van der Waals surface area contributed by atoms with Crippen molar-refractivity contribution in [1.82, 2.24) is 5.16 Å². The number of aromatic nitrogens is 1. The highest BCUT2D eigenvalue weighted by Gasteiger charge is 2.48. The summed E-state index contributed by atoms with van der Waals surface area (Å²) in [6.07, 6.45) is 1.63. The van der Waals surface area contributed by atoms with Crippen LogP contribution in [0.2, 0.25) is 19.6 Å². The molecule has 5 nitrogen and oxygen atoms in total. The summed E-state index contributed by atoms with van der Waals surface area (Å²) in [7, 11) is -3.40. The maximum absolute atomic E-state index is 9.49. The molecule has 0 saturated carbocycles. The molecule has 0 fully saturated rings.